The van der Waals surface area contributed by atoms with E-state index in [1.807, 2.05) is 6.07 Å². The smallest absolute Gasteiger partial charge is 0.314 e. The van der Waals surface area contributed by atoms with E-state index in [4.69, 9.17) is 24.7 Å². The van der Waals surface area contributed by atoms with Gasteiger partial charge in [-0.15, -0.1) is 0 Å². The predicted octanol–water partition coefficient (Wildman–Crippen LogP) is 2.16. The topological polar surface area (TPSA) is 165 Å². The monoisotopic (exact) mass is 548 g/mol. The average Bonchev–Trinajstić information content (AvgIpc) is 2.82. The Labute approximate surface area is 218 Å². The second-order valence-corrected chi connectivity index (χ2v) is 21.8. The van der Waals surface area contributed by atoms with Gasteiger partial charge in [0.2, 0.25) is 5.43 Å². The number of nitrogens with one attached hydrogen (secondary N) is 1. The molecule has 1 N–H and O–H groups in total. The van der Waals surface area contributed by atoms with Gasteiger partial charge in [0, 0.05) is 41.5 Å². The van der Waals surface area contributed by atoms with Crippen LogP contribution in [0, 0.1) is 22.7 Å². The van der Waals surface area contributed by atoms with Crippen molar-refractivity contribution in [1.82, 2.24) is 19.6 Å². The highest BCUT2D eigenvalue weighted by Gasteiger charge is 2.14. The van der Waals surface area contributed by atoms with Gasteiger partial charge >= 0.3 is 11.1 Å². The molecule has 0 saturated carbocycles. The van der Waals surface area contributed by atoms with E-state index in [2.05, 4.69) is 49.5 Å². The summed E-state index contributed by atoms with van der Waals surface area (Å²) in [6.07, 6.45) is 0. The summed E-state index contributed by atoms with van der Waals surface area (Å²) in [5.74, 6) is 0.0975. The second kappa shape index (κ2) is 14.4. The first-order valence-electron chi connectivity index (χ1n) is 11.7. The molecule has 12 nitrogen and oxygen atoms in total. The summed E-state index contributed by atoms with van der Waals surface area (Å²) in [6, 6.07) is 7.96. The molecule has 0 aliphatic rings. The highest BCUT2D eigenvalue weighted by Crippen LogP contribution is 2.09. The van der Waals surface area contributed by atoms with Crippen molar-refractivity contribution in [3.8, 4) is 17.9 Å². The molecule has 0 fully saturated rings. The van der Waals surface area contributed by atoms with Crippen molar-refractivity contribution in [2.75, 3.05) is 20.3 Å². The molecule has 0 aliphatic heterocycles. The van der Waals surface area contributed by atoms with Gasteiger partial charge in [-0.25, -0.2) is 4.68 Å². The Morgan fingerprint density at radius 1 is 0.892 bits per heavy atom. The van der Waals surface area contributed by atoms with Gasteiger partial charge in [-0.1, -0.05) is 39.3 Å². The van der Waals surface area contributed by atoms with Crippen LogP contribution < -0.4 is 21.3 Å². The van der Waals surface area contributed by atoms with Crippen LogP contribution in [0.2, 0.25) is 51.4 Å². The van der Waals surface area contributed by atoms with Crippen molar-refractivity contribution in [2.24, 2.45) is 0 Å². The van der Waals surface area contributed by atoms with E-state index in [0.29, 0.717) is 13.2 Å². The van der Waals surface area contributed by atoms with Crippen LogP contribution in [0.15, 0.2) is 26.5 Å². The number of methoxy groups -OCH3 is 1. The minimum atomic E-state index is -1.17. The van der Waals surface area contributed by atoms with E-state index in [0.717, 1.165) is 27.5 Å². The Hall–Kier alpha value is -3.31. The van der Waals surface area contributed by atoms with Crippen LogP contribution >= 0.6 is 0 Å². The molecule has 0 spiro atoms. The molecule has 2 heterocycles. The lowest BCUT2D eigenvalue weighted by Crippen LogP contribution is -2.37. The van der Waals surface area contributed by atoms with Gasteiger partial charge in [0.15, 0.2) is 11.4 Å². The first-order chi connectivity index (χ1) is 17.2. The van der Waals surface area contributed by atoms with Crippen LogP contribution in [0.1, 0.15) is 11.4 Å². The number of aromatic amines is 1. The maximum absolute atomic E-state index is 11.9. The summed E-state index contributed by atoms with van der Waals surface area (Å²) in [4.78, 5) is 34.6. The van der Waals surface area contributed by atoms with E-state index < -0.39 is 32.7 Å². The number of aromatic nitrogens is 4. The van der Waals surface area contributed by atoms with E-state index in [1.165, 1.54) is 13.2 Å². The third-order valence-electron chi connectivity index (χ3n) is 4.81. The number of rotatable bonds is 11. The number of nitriles is 2. The summed E-state index contributed by atoms with van der Waals surface area (Å²) in [7, 11) is -0.946. The number of nitrogens with zero attached hydrogens (tertiary/aromatic N) is 5. The molecule has 202 valence electrons. The van der Waals surface area contributed by atoms with Crippen molar-refractivity contribution in [3.63, 3.8) is 0 Å². The van der Waals surface area contributed by atoms with E-state index >= 15 is 0 Å². The Balaban J connectivity index is 0.000000371. The molecule has 0 bridgehead atoms. The van der Waals surface area contributed by atoms with Crippen molar-refractivity contribution in [1.29, 1.82) is 10.5 Å². The highest BCUT2D eigenvalue weighted by molar-refractivity contribution is 6.76. The summed E-state index contributed by atoms with van der Waals surface area (Å²) in [5, 5.41) is 23.9. The van der Waals surface area contributed by atoms with Gasteiger partial charge in [0.25, 0.3) is 0 Å². The molecule has 0 aliphatic carbocycles. The van der Waals surface area contributed by atoms with Gasteiger partial charge in [0.05, 0.1) is 7.11 Å². The molecule has 2 rings (SSSR count). The van der Waals surface area contributed by atoms with E-state index in [-0.39, 0.29) is 30.6 Å². The van der Waals surface area contributed by atoms with Gasteiger partial charge in [-0.3, -0.25) is 19.5 Å². The lowest BCUT2D eigenvalue weighted by molar-refractivity contribution is 0.0740. The fraction of sp³-hybridized carbons (Fsp3) is 0.565. The van der Waals surface area contributed by atoms with Crippen molar-refractivity contribution in [2.45, 2.75) is 64.8 Å². The minimum absolute atomic E-state index is 0.0337. The fourth-order valence-electron chi connectivity index (χ4n) is 2.57. The van der Waals surface area contributed by atoms with Gasteiger partial charge in [0.1, 0.15) is 31.3 Å². The van der Waals surface area contributed by atoms with E-state index in [1.54, 1.807) is 6.07 Å². The van der Waals surface area contributed by atoms with Crippen LogP contribution in [0.5, 0.6) is 5.75 Å². The fourth-order valence-corrected chi connectivity index (χ4v) is 4.09. The highest BCUT2D eigenvalue weighted by atomic mass is 28.3. The van der Waals surface area contributed by atoms with Crippen molar-refractivity contribution >= 4 is 16.1 Å². The molecular weight excluding hydrogens is 512 g/mol. The zero-order valence-electron chi connectivity index (χ0n) is 22.6. The number of hydrogen-bond acceptors (Lipinski definition) is 9. The van der Waals surface area contributed by atoms with Gasteiger partial charge in [-0.05, 0) is 12.1 Å². The molecule has 0 unspecified atom stereocenters. The maximum Gasteiger partial charge on any atom is 0.314 e. The maximum atomic E-state index is 11.9. The third-order valence-corrected chi connectivity index (χ3v) is 8.22. The van der Waals surface area contributed by atoms with Crippen LogP contribution in [0.4, 0.5) is 0 Å². The van der Waals surface area contributed by atoms with Gasteiger partial charge in [-0.2, -0.15) is 20.3 Å². The Morgan fingerprint density at radius 3 is 1.95 bits per heavy atom. The average molecular weight is 549 g/mol. The van der Waals surface area contributed by atoms with Crippen LogP contribution in [-0.4, -0.2) is 56.0 Å². The zero-order chi connectivity index (χ0) is 28.2. The van der Waals surface area contributed by atoms with Crippen molar-refractivity contribution in [3.05, 3.63) is 54.5 Å². The lowest BCUT2D eigenvalue weighted by atomic mass is 10.4. The molecular formula is C23H36N6O6Si2. The first kappa shape index (κ1) is 31.7. The first-order valence-corrected chi connectivity index (χ1v) is 19.1. The standard InChI is InChI=1S/C12H19N3O3Si.C11H17N3O3Si/c1-17-11-7-10(8-13)14-15(12(11)16)9-18-5-6-19(2,3)4;1-18(2,3)5-4-17-8-14-11(16)10(15)6-9(7-12)13-14/h7H,5-6,9H2,1-4H3;6,13H,4-5,8H2,1-3H3. The quantitative estimate of drug-likeness (QED) is 0.251. The molecule has 0 aromatic carbocycles. The zero-order valence-corrected chi connectivity index (χ0v) is 24.6. The predicted molar refractivity (Wildman–Crippen MR) is 144 cm³/mol. The number of ether oxygens (including phenoxy) is 3. The van der Waals surface area contributed by atoms with Crippen LogP contribution in [0.3, 0.4) is 0 Å². The molecule has 0 amide bonds. The normalized spacial score (nSPS) is 11.2. The number of hydrogen-bond donors (Lipinski definition) is 1. The summed E-state index contributed by atoms with van der Waals surface area (Å²) in [6.45, 7) is 14.6. The molecule has 14 heteroatoms. The molecule has 0 radical (unpaired) electrons. The van der Waals surface area contributed by atoms with E-state index in [9.17, 15) is 14.4 Å². The largest absolute Gasteiger partial charge is 0.491 e. The third kappa shape index (κ3) is 12.0. The molecule has 0 atom stereocenters. The summed E-state index contributed by atoms with van der Waals surface area (Å²) < 4.78 is 17.8. The SMILES string of the molecule is COc1cc(C#N)nn(COCC[Si](C)(C)C)c1=O.C[Si](C)(C)CCOCn1[nH]c(C#N)cc(=O)c1=O. The lowest BCUT2D eigenvalue weighted by Gasteiger charge is -2.15. The Kier molecular flexibility index (Phi) is 12.4. The van der Waals surface area contributed by atoms with Crippen LogP contribution in [-0.2, 0) is 22.9 Å². The van der Waals surface area contributed by atoms with Crippen LogP contribution in [0.25, 0.3) is 0 Å². The molecule has 2 aromatic rings. The summed E-state index contributed by atoms with van der Waals surface area (Å²) in [5.41, 5.74) is -1.63. The molecule has 0 saturated heterocycles. The summed E-state index contributed by atoms with van der Waals surface area (Å²) >= 11 is 0. The van der Waals surface area contributed by atoms with Gasteiger partial charge < -0.3 is 14.2 Å². The Morgan fingerprint density at radius 2 is 1.46 bits per heavy atom. The minimum Gasteiger partial charge on any atom is -0.491 e. The van der Waals surface area contributed by atoms with Crippen molar-refractivity contribution < 1.29 is 14.2 Å². The second-order valence-electron chi connectivity index (χ2n) is 10.6. The Bertz CT molecular complexity index is 1290. The number of H-pyrrole nitrogens is 1. The molecule has 2 aromatic heterocycles. The molecule has 37 heavy (non-hydrogen) atoms.